The smallest absolute Gasteiger partial charge is 0.226 e. The SMILES string of the molecule is CC(C)(C)Oc1ccc(CN2CC3CC4C5CC(F)C6=CC(=O)C=CC6(C)C5C(O)CC4(C)C3(C(=O)SCF)O2)cc1. The number of ketones is 1. The molecule has 0 amide bonds. The number of alkyl halides is 2. The molecule has 4 aliphatic carbocycles. The molecule has 9 unspecified atom stereocenters. The zero-order valence-electron chi connectivity index (χ0n) is 24.9. The number of thioether (sulfide) groups is 1. The van der Waals surface area contributed by atoms with Gasteiger partial charge in [-0.2, -0.15) is 5.06 Å². The van der Waals surface area contributed by atoms with E-state index in [0.717, 1.165) is 11.3 Å². The summed E-state index contributed by atoms with van der Waals surface area (Å²) in [6, 6.07) is 6.92. The van der Waals surface area contributed by atoms with Crippen molar-refractivity contribution in [3.63, 3.8) is 0 Å². The molecule has 6 nitrogen and oxygen atoms in total. The van der Waals surface area contributed by atoms with Gasteiger partial charge in [0, 0.05) is 35.8 Å². The average Bonchev–Trinajstić information content (AvgIpc) is 3.37. The van der Waals surface area contributed by atoms with Crippen molar-refractivity contribution in [2.45, 2.75) is 83.9 Å². The fourth-order valence-corrected chi connectivity index (χ4v) is 10.0. The Hall–Kier alpha value is -2.07. The average molecular weight is 602 g/mol. The van der Waals surface area contributed by atoms with Gasteiger partial charge in [-0.3, -0.25) is 14.4 Å². The van der Waals surface area contributed by atoms with E-state index in [9.17, 15) is 19.1 Å². The van der Waals surface area contributed by atoms with E-state index in [2.05, 4.69) is 0 Å². The molecule has 5 aliphatic rings. The van der Waals surface area contributed by atoms with E-state index in [0.29, 0.717) is 36.8 Å². The zero-order valence-corrected chi connectivity index (χ0v) is 25.8. The summed E-state index contributed by atoms with van der Waals surface area (Å²) in [4.78, 5) is 32.7. The molecule has 1 N–H and O–H groups in total. The molecule has 6 rings (SSSR count). The van der Waals surface area contributed by atoms with Crippen molar-refractivity contribution in [1.82, 2.24) is 5.06 Å². The van der Waals surface area contributed by atoms with Crippen molar-refractivity contribution < 1.29 is 33.1 Å². The molecular formula is C33H41F2NO5S. The normalized spacial score (nSPS) is 41.0. The summed E-state index contributed by atoms with van der Waals surface area (Å²) < 4.78 is 35.4. The fraction of sp³-hybridized carbons (Fsp3) is 0.636. The molecule has 9 atom stereocenters. The molecule has 228 valence electrons. The van der Waals surface area contributed by atoms with Gasteiger partial charge in [0.1, 0.15) is 23.5 Å². The highest BCUT2D eigenvalue weighted by Gasteiger charge is 2.75. The monoisotopic (exact) mass is 601 g/mol. The molecule has 0 aromatic heterocycles. The number of aliphatic hydroxyl groups excluding tert-OH is 1. The minimum absolute atomic E-state index is 0.0984. The van der Waals surface area contributed by atoms with Crippen LogP contribution in [0.2, 0.25) is 0 Å². The molecule has 1 aliphatic heterocycles. The van der Waals surface area contributed by atoms with E-state index in [4.69, 9.17) is 9.57 Å². The van der Waals surface area contributed by atoms with Crippen LogP contribution in [0.25, 0.3) is 0 Å². The number of benzene rings is 1. The Morgan fingerprint density at radius 1 is 1.21 bits per heavy atom. The Morgan fingerprint density at radius 2 is 1.93 bits per heavy atom. The third-order valence-electron chi connectivity index (χ3n) is 10.7. The number of hydrogen-bond acceptors (Lipinski definition) is 7. The first-order chi connectivity index (χ1) is 19.7. The molecule has 9 heteroatoms. The quantitative estimate of drug-likeness (QED) is 0.445. The largest absolute Gasteiger partial charge is 0.488 e. The Morgan fingerprint density at radius 3 is 2.60 bits per heavy atom. The Balaban J connectivity index is 1.30. The van der Waals surface area contributed by atoms with Gasteiger partial charge in [-0.05, 0) is 87.3 Å². The number of hydroxylamine groups is 2. The highest BCUT2D eigenvalue weighted by atomic mass is 32.2. The van der Waals surface area contributed by atoms with E-state index in [-0.39, 0.29) is 53.0 Å². The first-order valence-corrected chi connectivity index (χ1v) is 15.9. The van der Waals surface area contributed by atoms with Crippen molar-refractivity contribution in [3.8, 4) is 5.75 Å². The highest BCUT2D eigenvalue weighted by Crippen LogP contribution is 2.71. The van der Waals surface area contributed by atoms with Crippen LogP contribution in [0.15, 0.2) is 48.1 Å². The maximum atomic E-state index is 15.8. The number of carbonyl (C=O) groups excluding carboxylic acids is 2. The predicted octanol–water partition coefficient (Wildman–Crippen LogP) is 5.99. The van der Waals surface area contributed by atoms with Gasteiger partial charge in [0.2, 0.25) is 5.12 Å². The summed E-state index contributed by atoms with van der Waals surface area (Å²) in [7, 11) is 0. The second-order valence-corrected chi connectivity index (χ2v) is 15.2. The van der Waals surface area contributed by atoms with Crippen LogP contribution in [0.4, 0.5) is 8.78 Å². The molecule has 0 spiro atoms. The maximum Gasteiger partial charge on any atom is 0.226 e. The molecule has 42 heavy (non-hydrogen) atoms. The minimum atomic E-state index is -1.32. The molecule has 0 radical (unpaired) electrons. The predicted molar refractivity (Wildman–Crippen MR) is 157 cm³/mol. The third kappa shape index (κ3) is 4.52. The van der Waals surface area contributed by atoms with Crippen LogP contribution in [0.1, 0.15) is 59.4 Å². The molecule has 3 saturated carbocycles. The van der Waals surface area contributed by atoms with E-state index in [1.54, 1.807) is 11.1 Å². The van der Waals surface area contributed by atoms with Crippen LogP contribution >= 0.6 is 11.8 Å². The maximum absolute atomic E-state index is 15.8. The van der Waals surface area contributed by atoms with Crippen LogP contribution in [0.3, 0.4) is 0 Å². The lowest BCUT2D eigenvalue weighted by atomic mass is 9.46. The lowest BCUT2D eigenvalue weighted by molar-refractivity contribution is -0.250. The number of allylic oxidation sites excluding steroid dienone is 4. The van der Waals surface area contributed by atoms with Gasteiger partial charge >= 0.3 is 0 Å². The van der Waals surface area contributed by atoms with Crippen molar-refractivity contribution in [3.05, 3.63) is 53.6 Å². The van der Waals surface area contributed by atoms with Gasteiger partial charge in [0.15, 0.2) is 11.4 Å². The Labute approximate surface area is 250 Å². The fourth-order valence-electron chi connectivity index (χ4n) is 9.26. The summed E-state index contributed by atoms with van der Waals surface area (Å²) in [5.41, 5.74) is -1.81. The lowest BCUT2D eigenvalue weighted by Gasteiger charge is -2.60. The van der Waals surface area contributed by atoms with Gasteiger partial charge in [-0.1, -0.05) is 43.8 Å². The van der Waals surface area contributed by atoms with E-state index >= 15 is 4.39 Å². The molecule has 4 fully saturated rings. The van der Waals surface area contributed by atoms with Crippen molar-refractivity contribution >= 4 is 22.7 Å². The number of carbonyl (C=O) groups is 2. The second kappa shape index (κ2) is 10.2. The number of halogens is 2. The summed E-state index contributed by atoms with van der Waals surface area (Å²) in [5, 5.41) is 13.2. The lowest BCUT2D eigenvalue weighted by Crippen LogP contribution is -2.63. The summed E-state index contributed by atoms with van der Waals surface area (Å²) in [5.74, 6) is -0.292. The molecular weight excluding hydrogens is 560 g/mol. The van der Waals surface area contributed by atoms with E-state index in [1.807, 2.05) is 58.9 Å². The van der Waals surface area contributed by atoms with Crippen molar-refractivity contribution in [2.24, 2.45) is 34.5 Å². The number of ether oxygens (including phenoxy) is 1. The Bertz CT molecular complexity index is 1330. The number of aliphatic hydroxyl groups is 1. The summed E-state index contributed by atoms with van der Waals surface area (Å²) >= 11 is 0.627. The van der Waals surface area contributed by atoms with Gasteiger partial charge in [-0.15, -0.1) is 0 Å². The van der Waals surface area contributed by atoms with E-state index < -0.39 is 34.7 Å². The molecule has 1 aromatic rings. The third-order valence-corrected chi connectivity index (χ3v) is 11.4. The van der Waals surface area contributed by atoms with Crippen LogP contribution in [0.5, 0.6) is 5.75 Å². The topological polar surface area (TPSA) is 76.1 Å². The van der Waals surface area contributed by atoms with Gasteiger partial charge in [0.05, 0.1) is 6.10 Å². The molecule has 0 bridgehead atoms. The summed E-state index contributed by atoms with van der Waals surface area (Å²) in [6.07, 6.45) is 3.59. The van der Waals surface area contributed by atoms with Crippen LogP contribution in [-0.2, 0) is 21.0 Å². The van der Waals surface area contributed by atoms with Crippen LogP contribution in [0, 0.1) is 34.5 Å². The van der Waals surface area contributed by atoms with Crippen molar-refractivity contribution in [2.75, 3.05) is 12.6 Å². The van der Waals surface area contributed by atoms with Crippen LogP contribution < -0.4 is 4.74 Å². The number of fused-ring (bicyclic) bond motifs is 7. The molecule has 1 heterocycles. The minimum Gasteiger partial charge on any atom is -0.488 e. The van der Waals surface area contributed by atoms with Gasteiger partial charge in [0.25, 0.3) is 0 Å². The van der Waals surface area contributed by atoms with E-state index in [1.165, 1.54) is 12.2 Å². The van der Waals surface area contributed by atoms with Gasteiger partial charge in [-0.25, -0.2) is 8.78 Å². The van der Waals surface area contributed by atoms with Gasteiger partial charge < -0.3 is 9.84 Å². The zero-order chi connectivity index (χ0) is 30.2. The first kappa shape index (κ1) is 30.0. The standard InChI is InChI=1S/C33H41F2NO5S/c1-30(2,3)40-22-8-6-19(7-9-22)16-36-17-20-12-24-23-14-26(35)25-13-21(37)10-11-31(25,4)28(23)27(38)15-32(24,5)33(20,41-36)29(39)42-18-34/h6-11,13,20,23-24,26-28,38H,12,14-18H2,1-5H3. The first-order valence-electron chi connectivity index (χ1n) is 14.9. The Kier molecular flexibility index (Phi) is 7.31. The molecule has 1 saturated heterocycles. The van der Waals surface area contributed by atoms with Crippen molar-refractivity contribution in [1.29, 1.82) is 0 Å². The number of rotatable bonds is 5. The number of hydrogen-bond donors (Lipinski definition) is 1. The highest BCUT2D eigenvalue weighted by molar-refractivity contribution is 8.13. The second-order valence-electron chi connectivity index (χ2n) is 14.3. The summed E-state index contributed by atoms with van der Waals surface area (Å²) in [6.45, 7) is 10.8. The molecule has 1 aromatic carbocycles. The van der Waals surface area contributed by atoms with Crippen LogP contribution in [-0.4, -0.2) is 57.1 Å². The number of nitrogens with zero attached hydrogens (tertiary/aromatic N) is 1.